The number of benzene rings is 2. The molecular formula is C24H31N7. The highest BCUT2D eigenvalue weighted by Crippen LogP contribution is 2.28. The Bertz CT molecular complexity index is 987. The van der Waals surface area contributed by atoms with E-state index in [1.165, 1.54) is 0 Å². The van der Waals surface area contributed by atoms with Crippen molar-refractivity contribution in [2.45, 2.75) is 12.2 Å². The third kappa shape index (κ3) is 5.13. The number of nitrogens with one attached hydrogen (secondary N) is 2. The van der Waals surface area contributed by atoms with E-state index in [0.29, 0.717) is 0 Å². The molecule has 1 atom stereocenters. The van der Waals surface area contributed by atoms with Crippen molar-refractivity contribution in [1.82, 2.24) is 15.5 Å². The van der Waals surface area contributed by atoms with Crippen LogP contribution in [0.25, 0.3) is 11.1 Å². The number of rotatable bonds is 8. The number of aliphatic imine (C=N–C) groups is 2. The zero-order valence-corrected chi connectivity index (χ0v) is 18.3. The fourth-order valence-corrected chi connectivity index (χ4v) is 3.75. The van der Waals surface area contributed by atoms with E-state index < -0.39 is 5.79 Å². The molecule has 4 N–H and O–H groups in total. The van der Waals surface area contributed by atoms with Crippen molar-refractivity contribution >= 4 is 18.1 Å². The van der Waals surface area contributed by atoms with Gasteiger partial charge in [-0.05, 0) is 41.8 Å². The second-order valence-electron chi connectivity index (χ2n) is 8.14. The normalized spacial score (nSPS) is 20.4. The minimum atomic E-state index is -1.00. The number of nitrogens with two attached hydrogens (primary N) is 1. The van der Waals surface area contributed by atoms with Gasteiger partial charge in [0, 0.05) is 57.4 Å². The van der Waals surface area contributed by atoms with Crippen LogP contribution in [-0.4, -0.2) is 57.7 Å². The molecule has 0 bridgehead atoms. The van der Waals surface area contributed by atoms with Crippen LogP contribution in [0.2, 0.25) is 0 Å². The number of allylic oxidation sites excluding steroid dienone is 1. The first-order valence-corrected chi connectivity index (χ1v) is 10.7. The quantitative estimate of drug-likeness (QED) is 0.575. The van der Waals surface area contributed by atoms with Gasteiger partial charge in [-0.15, -0.1) is 0 Å². The molecule has 2 heterocycles. The molecule has 2 aromatic rings. The first-order valence-electron chi connectivity index (χ1n) is 10.7. The van der Waals surface area contributed by atoms with Crippen LogP contribution in [0.5, 0.6) is 0 Å². The zero-order chi connectivity index (χ0) is 21.7. The van der Waals surface area contributed by atoms with Crippen LogP contribution < -0.4 is 21.3 Å². The molecule has 7 nitrogen and oxygen atoms in total. The molecule has 0 spiro atoms. The summed E-state index contributed by atoms with van der Waals surface area (Å²) >= 11 is 0. The Morgan fingerprint density at radius 2 is 1.97 bits per heavy atom. The lowest BCUT2D eigenvalue weighted by atomic mass is 9.99. The van der Waals surface area contributed by atoms with Gasteiger partial charge in [-0.3, -0.25) is 15.6 Å². The van der Waals surface area contributed by atoms with Gasteiger partial charge in [-0.25, -0.2) is 4.99 Å². The molecular weight excluding hydrogens is 386 g/mol. The van der Waals surface area contributed by atoms with Crippen molar-refractivity contribution in [2.75, 3.05) is 45.3 Å². The van der Waals surface area contributed by atoms with Crippen LogP contribution in [0, 0.1) is 0 Å². The Morgan fingerprint density at radius 3 is 2.74 bits per heavy atom. The molecule has 162 valence electrons. The second kappa shape index (κ2) is 9.32. The molecule has 0 saturated carbocycles. The standard InChI is InChI=1S/C24H31N7/c1-30(2)22-9-4-7-20(17-22)19-6-3-8-21(16-19)24(25)28-12-10-23(29-24)27-11-5-14-31-15-13-26-18-31/h3-4,6-10,12-13,16-17,27,29H,5,11,14-15,18,25H2,1-2H3. The maximum Gasteiger partial charge on any atom is 0.210 e. The third-order valence-electron chi connectivity index (χ3n) is 5.56. The molecule has 2 aliphatic heterocycles. The first kappa shape index (κ1) is 21.1. The summed E-state index contributed by atoms with van der Waals surface area (Å²) in [5.41, 5.74) is 11.0. The van der Waals surface area contributed by atoms with E-state index in [1.807, 2.05) is 38.5 Å². The van der Waals surface area contributed by atoms with Crippen LogP contribution >= 0.6 is 0 Å². The summed E-state index contributed by atoms with van der Waals surface area (Å²) in [4.78, 5) is 13.2. The summed E-state index contributed by atoms with van der Waals surface area (Å²) in [6.45, 7) is 3.65. The van der Waals surface area contributed by atoms with Crippen molar-refractivity contribution in [2.24, 2.45) is 15.7 Å². The topological polar surface area (TPSA) is 81.3 Å². The molecule has 0 radical (unpaired) electrons. The van der Waals surface area contributed by atoms with Gasteiger partial charge < -0.3 is 15.5 Å². The second-order valence-corrected chi connectivity index (χ2v) is 8.14. The van der Waals surface area contributed by atoms with Crippen molar-refractivity contribution in [3.63, 3.8) is 0 Å². The Morgan fingerprint density at radius 1 is 1.16 bits per heavy atom. The molecule has 2 aromatic carbocycles. The maximum absolute atomic E-state index is 6.68. The van der Waals surface area contributed by atoms with Gasteiger partial charge in [0.2, 0.25) is 5.79 Å². The molecule has 1 unspecified atom stereocenters. The summed E-state index contributed by atoms with van der Waals surface area (Å²) < 4.78 is 0. The highest BCUT2D eigenvalue weighted by molar-refractivity contribution is 5.74. The Kier molecular flexibility index (Phi) is 6.34. The Balaban J connectivity index is 1.42. The van der Waals surface area contributed by atoms with Gasteiger partial charge in [0.05, 0.1) is 6.67 Å². The fourth-order valence-electron chi connectivity index (χ4n) is 3.75. The van der Waals surface area contributed by atoms with Crippen molar-refractivity contribution in [3.05, 3.63) is 66.0 Å². The van der Waals surface area contributed by atoms with E-state index in [0.717, 1.165) is 60.9 Å². The van der Waals surface area contributed by atoms with Crippen molar-refractivity contribution in [1.29, 1.82) is 0 Å². The highest BCUT2D eigenvalue weighted by Gasteiger charge is 2.28. The van der Waals surface area contributed by atoms with E-state index >= 15 is 0 Å². The molecule has 31 heavy (non-hydrogen) atoms. The number of nitrogens with zero attached hydrogens (tertiary/aromatic N) is 4. The minimum absolute atomic E-state index is 0.813. The number of hydrogen-bond donors (Lipinski definition) is 3. The van der Waals surface area contributed by atoms with Gasteiger partial charge in [0.15, 0.2) is 0 Å². The number of anilines is 1. The molecule has 0 aliphatic carbocycles. The van der Waals surface area contributed by atoms with Crippen molar-refractivity contribution < 1.29 is 0 Å². The van der Waals surface area contributed by atoms with Gasteiger partial charge in [0.25, 0.3) is 0 Å². The Labute approximate surface area is 184 Å². The lowest BCUT2D eigenvalue weighted by molar-refractivity contribution is 0.332. The Hall–Kier alpha value is -3.16. The number of hydrogen-bond acceptors (Lipinski definition) is 7. The molecule has 2 aliphatic rings. The van der Waals surface area contributed by atoms with E-state index in [-0.39, 0.29) is 0 Å². The zero-order valence-electron chi connectivity index (χ0n) is 18.3. The summed E-state index contributed by atoms with van der Waals surface area (Å²) in [5.74, 6) is -0.120. The lowest BCUT2D eigenvalue weighted by Gasteiger charge is -2.32. The van der Waals surface area contributed by atoms with Gasteiger partial charge in [-0.2, -0.15) is 0 Å². The van der Waals surface area contributed by atoms with E-state index in [9.17, 15) is 0 Å². The molecule has 4 rings (SSSR count). The van der Waals surface area contributed by atoms with E-state index in [2.05, 4.69) is 66.8 Å². The fraction of sp³-hybridized carbons (Fsp3) is 0.333. The first-order chi connectivity index (χ1) is 15.0. The van der Waals surface area contributed by atoms with Gasteiger partial charge in [0.1, 0.15) is 5.82 Å². The molecule has 0 amide bonds. The van der Waals surface area contributed by atoms with E-state index in [4.69, 9.17) is 5.73 Å². The highest BCUT2D eigenvalue weighted by atomic mass is 15.3. The third-order valence-corrected chi connectivity index (χ3v) is 5.56. The average molecular weight is 418 g/mol. The summed E-state index contributed by atoms with van der Waals surface area (Å²) in [5, 5.41) is 6.81. The smallest absolute Gasteiger partial charge is 0.210 e. The SMILES string of the molecule is CN(C)c1cccc(-c2cccc(C3(N)N=CC=C(NCCCN4CC=NC4)N3)c2)c1. The van der Waals surface area contributed by atoms with Crippen molar-refractivity contribution in [3.8, 4) is 11.1 Å². The predicted molar refractivity (Wildman–Crippen MR) is 129 cm³/mol. The monoisotopic (exact) mass is 417 g/mol. The largest absolute Gasteiger partial charge is 0.378 e. The molecule has 7 heteroatoms. The lowest BCUT2D eigenvalue weighted by Crippen LogP contribution is -2.52. The minimum Gasteiger partial charge on any atom is -0.378 e. The summed E-state index contributed by atoms with van der Waals surface area (Å²) in [6.07, 6.45) is 6.71. The van der Waals surface area contributed by atoms with Gasteiger partial charge >= 0.3 is 0 Å². The predicted octanol–water partition coefficient (Wildman–Crippen LogP) is 2.33. The summed E-state index contributed by atoms with van der Waals surface area (Å²) in [7, 11) is 4.09. The maximum atomic E-state index is 6.68. The average Bonchev–Trinajstić information content (AvgIpc) is 3.31. The van der Waals surface area contributed by atoms with E-state index in [1.54, 1.807) is 6.21 Å². The molecule has 0 fully saturated rings. The van der Waals surface area contributed by atoms with Gasteiger partial charge in [-0.1, -0.05) is 30.3 Å². The molecule has 0 saturated heterocycles. The van der Waals surface area contributed by atoms with Crippen LogP contribution in [0.3, 0.4) is 0 Å². The van der Waals surface area contributed by atoms with Crippen LogP contribution in [0.1, 0.15) is 12.0 Å². The molecule has 0 aromatic heterocycles. The van der Waals surface area contributed by atoms with Crippen LogP contribution in [-0.2, 0) is 5.79 Å². The summed E-state index contributed by atoms with van der Waals surface area (Å²) in [6, 6.07) is 16.7. The van der Waals surface area contributed by atoms with Crippen LogP contribution in [0.15, 0.2) is 70.4 Å². The van der Waals surface area contributed by atoms with Crippen LogP contribution in [0.4, 0.5) is 5.69 Å².